The molecule has 0 unspecified atom stereocenters. The van der Waals surface area contributed by atoms with Crippen molar-refractivity contribution >= 4 is 34.7 Å². The molecular weight excluding hydrogens is 405 g/mol. The van der Waals surface area contributed by atoms with E-state index in [1.165, 1.54) is 29.7 Å². The second kappa shape index (κ2) is 7.78. The third-order valence-electron chi connectivity index (χ3n) is 4.07. The fourth-order valence-electron chi connectivity index (χ4n) is 2.44. The molecule has 0 saturated heterocycles. The summed E-state index contributed by atoms with van der Waals surface area (Å²) in [4.78, 5) is 24.2. The maximum absolute atomic E-state index is 15.0. The van der Waals surface area contributed by atoms with Crippen LogP contribution >= 0.6 is 22.9 Å². The molecule has 3 aromatic rings. The molecule has 1 aromatic carbocycles. The zero-order valence-electron chi connectivity index (χ0n) is 15.0. The topological polar surface area (TPSA) is 114 Å². The van der Waals surface area contributed by atoms with Gasteiger partial charge in [0.15, 0.2) is 5.82 Å². The normalized spacial score (nSPS) is 11.5. The molecule has 0 aliphatic rings. The third kappa shape index (κ3) is 3.96. The number of halogens is 2. The highest BCUT2D eigenvalue weighted by Gasteiger charge is 2.28. The second-order valence-corrected chi connectivity index (χ2v) is 7.93. The van der Waals surface area contributed by atoms with E-state index < -0.39 is 17.3 Å². The number of anilines is 1. The fraction of sp³-hybridized carbons (Fsp3) is 0.222. The molecule has 0 aliphatic carbocycles. The van der Waals surface area contributed by atoms with Crippen LogP contribution in [0.25, 0.3) is 21.8 Å². The van der Waals surface area contributed by atoms with Gasteiger partial charge in [-0.05, 0) is 29.8 Å². The summed E-state index contributed by atoms with van der Waals surface area (Å²) >= 11 is 7.26. The Labute approximate surface area is 169 Å². The summed E-state index contributed by atoms with van der Waals surface area (Å²) < 4.78 is 15.0. The number of nitrogens with two attached hydrogens (primary N) is 1. The number of benzene rings is 1. The number of nitrogens with one attached hydrogen (secondary N) is 1. The van der Waals surface area contributed by atoms with Crippen LogP contribution in [-0.4, -0.2) is 32.7 Å². The van der Waals surface area contributed by atoms with E-state index in [1.54, 1.807) is 12.1 Å². The Morgan fingerprint density at radius 1 is 1.36 bits per heavy atom. The zero-order chi connectivity index (χ0) is 20.5. The number of amides is 1. The van der Waals surface area contributed by atoms with Gasteiger partial charge < -0.3 is 10.8 Å². The maximum atomic E-state index is 15.0. The summed E-state index contributed by atoms with van der Waals surface area (Å²) in [6.07, 6.45) is 0.141. The highest BCUT2D eigenvalue weighted by atomic mass is 35.5. The predicted molar refractivity (Wildman–Crippen MR) is 107 cm³/mol. The van der Waals surface area contributed by atoms with Gasteiger partial charge in [0.25, 0.3) is 0 Å². The van der Waals surface area contributed by atoms with Crippen LogP contribution in [0, 0.1) is 5.82 Å². The molecule has 4 N–H and O–H groups in total. The number of hydrogen-bond acceptors (Lipinski definition) is 6. The van der Waals surface area contributed by atoms with Crippen LogP contribution in [0.2, 0.25) is 5.28 Å². The first-order chi connectivity index (χ1) is 13.2. The molecule has 7 nitrogen and oxygen atoms in total. The van der Waals surface area contributed by atoms with Crippen LogP contribution in [0.4, 0.5) is 14.9 Å². The van der Waals surface area contributed by atoms with Gasteiger partial charge in [-0.15, -0.1) is 11.3 Å². The Morgan fingerprint density at radius 3 is 2.75 bits per heavy atom. The Bertz CT molecular complexity index is 1040. The van der Waals surface area contributed by atoms with Crippen molar-refractivity contribution in [1.82, 2.24) is 15.0 Å². The van der Waals surface area contributed by atoms with Gasteiger partial charge in [0, 0.05) is 23.7 Å². The van der Waals surface area contributed by atoms with Crippen molar-refractivity contribution in [3.8, 4) is 21.8 Å². The number of carboxylic acid groups (broad SMARTS) is 1. The van der Waals surface area contributed by atoms with Gasteiger partial charge in [-0.1, -0.05) is 19.9 Å². The average molecular weight is 422 g/mol. The quantitative estimate of drug-likeness (QED) is 0.526. The van der Waals surface area contributed by atoms with Crippen LogP contribution in [0.3, 0.4) is 0 Å². The molecule has 1 amide bonds. The molecule has 0 atom stereocenters. The lowest BCUT2D eigenvalue weighted by molar-refractivity contribution is 0.209. The Balaban J connectivity index is 2.24. The molecular formula is C18H17ClFN5O2S. The zero-order valence-corrected chi connectivity index (χ0v) is 16.6. The molecule has 2 aromatic heterocycles. The fourth-order valence-corrected chi connectivity index (χ4v) is 3.75. The SMILES string of the molecule is CC(C)(CN)c1nc(-c2cccc(NC(=O)O)c2F)c(-c2ccnc(Cl)n2)s1. The van der Waals surface area contributed by atoms with Crippen molar-refractivity contribution in [2.75, 3.05) is 11.9 Å². The van der Waals surface area contributed by atoms with Gasteiger partial charge in [0.1, 0.15) is 5.01 Å². The third-order valence-corrected chi connectivity index (χ3v) is 5.70. The average Bonchev–Trinajstić information content (AvgIpc) is 3.09. The standard InChI is InChI=1S/C18H17ClFN5O2S/c1-18(2,8-21)15-25-13(14(28-15)11-6-7-22-16(19)23-11)9-4-3-5-10(12(9)20)24-17(26)27/h3-7,24H,8,21H2,1-2H3,(H,26,27). The van der Waals surface area contributed by atoms with E-state index in [1.807, 2.05) is 13.8 Å². The van der Waals surface area contributed by atoms with Gasteiger partial charge >= 0.3 is 6.09 Å². The van der Waals surface area contributed by atoms with Crippen molar-refractivity contribution in [3.63, 3.8) is 0 Å². The molecule has 0 fully saturated rings. The lowest BCUT2D eigenvalue weighted by Gasteiger charge is -2.18. The summed E-state index contributed by atoms with van der Waals surface area (Å²) in [6.45, 7) is 4.21. The Morgan fingerprint density at radius 2 is 2.11 bits per heavy atom. The molecule has 0 aliphatic heterocycles. The molecule has 0 bridgehead atoms. The first kappa shape index (κ1) is 20.1. The van der Waals surface area contributed by atoms with Crippen LogP contribution in [-0.2, 0) is 5.41 Å². The van der Waals surface area contributed by atoms with Crippen LogP contribution in [0.15, 0.2) is 30.5 Å². The molecule has 10 heteroatoms. The van der Waals surface area contributed by atoms with E-state index in [9.17, 15) is 4.79 Å². The molecule has 3 rings (SSSR count). The van der Waals surface area contributed by atoms with Crippen molar-refractivity contribution in [2.24, 2.45) is 5.73 Å². The lowest BCUT2D eigenvalue weighted by atomic mass is 9.95. The number of thiazole rings is 1. The first-order valence-electron chi connectivity index (χ1n) is 8.22. The molecule has 146 valence electrons. The summed E-state index contributed by atoms with van der Waals surface area (Å²) in [5.41, 5.74) is 6.24. The van der Waals surface area contributed by atoms with Gasteiger partial charge in [-0.2, -0.15) is 0 Å². The number of hydrogen-bond donors (Lipinski definition) is 3. The number of carbonyl (C=O) groups is 1. The summed E-state index contributed by atoms with van der Waals surface area (Å²) in [6, 6.07) is 6.07. The van der Waals surface area contributed by atoms with E-state index >= 15 is 4.39 Å². The molecule has 0 spiro atoms. The number of nitrogens with zero attached hydrogens (tertiary/aromatic N) is 3. The smallest absolute Gasteiger partial charge is 0.409 e. The Hall–Kier alpha value is -2.62. The second-order valence-electron chi connectivity index (χ2n) is 6.59. The summed E-state index contributed by atoms with van der Waals surface area (Å²) in [5.74, 6) is -0.728. The van der Waals surface area contributed by atoms with Crippen molar-refractivity contribution in [3.05, 3.63) is 46.6 Å². The van der Waals surface area contributed by atoms with Gasteiger partial charge in [-0.25, -0.2) is 24.1 Å². The number of aromatic nitrogens is 3. The van der Waals surface area contributed by atoms with Gasteiger partial charge in [-0.3, -0.25) is 5.32 Å². The summed E-state index contributed by atoms with van der Waals surface area (Å²) in [5, 5.41) is 11.7. The first-order valence-corrected chi connectivity index (χ1v) is 9.41. The van der Waals surface area contributed by atoms with E-state index in [2.05, 4.69) is 20.3 Å². The van der Waals surface area contributed by atoms with Gasteiger partial charge in [0.2, 0.25) is 5.28 Å². The van der Waals surface area contributed by atoms with Crippen LogP contribution < -0.4 is 11.1 Å². The predicted octanol–water partition coefficient (Wildman–Crippen LogP) is 4.39. The van der Waals surface area contributed by atoms with Crippen molar-refractivity contribution in [2.45, 2.75) is 19.3 Å². The maximum Gasteiger partial charge on any atom is 0.409 e. The minimum atomic E-state index is -1.36. The van der Waals surface area contributed by atoms with E-state index in [0.29, 0.717) is 27.8 Å². The summed E-state index contributed by atoms with van der Waals surface area (Å²) in [7, 11) is 0. The largest absolute Gasteiger partial charge is 0.465 e. The monoisotopic (exact) mass is 421 g/mol. The highest BCUT2D eigenvalue weighted by molar-refractivity contribution is 7.15. The Kier molecular flexibility index (Phi) is 5.59. The van der Waals surface area contributed by atoms with Crippen LogP contribution in [0.5, 0.6) is 0 Å². The van der Waals surface area contributed by atoms with Crippen molar-refractivity contribution in [1.29, 1.82) is 0 Å². The molecule has 28 heavy (non-hydrogen) atoms. The molecule has 0 radical (unpaired) electrons. The van der Waals surface area contributed by atoms with E-state index in [0.717, 1.165) is 0 Å². The lowest BCUT2D eigenvalue weighted by Crippen LogP contribution is -2.27. The van der Waals surface area contributed by atoms with Gasteiger partial charge in [0.05, 0.1) is 22.0 Å². The minimum absolute atomic E-state index is 0.0539. The number of rotatable bonds is 5. The molecule has 2 heterocycles. The molecule has 0 saturated carbocycles. The van der Waals surface area contributed by atoms with E-state index in [4.69, 9.17) is 22.4 Å². The highest BCUT2D eigenvalue weighted by Crippen LogP contribution is 2.41. The van der Waals surface area contributed by atoms with Crippen molar-refractivity contribution < 1.29 is 14.3 Å². The van der Waals surface area contributed by atoms with E-state index in [-0.39, 0.29) is 16.5 Å². The minimum Gasteiger partial charge on any atom is -0.465 e. The van der Waals surface area contributed by atoms with Crippen LogP contribution in [0.1, 0.15) is 18.9 Å².